The molecule has 6 nitrogen and oxygen atoms in total. The predicted octanol–water partition coefficient (Wildman–Crippen LogP) is 3.81. The monoisotopic (exact) mass is 425 g/mol. The molecule has 168 valence electrons. The Morgan fingerprint density at radius 1 is 1.06 bits per heavy atom. The maximum atomic E-state index is 12.9. The summed E-state index contributed by atoms with van der Waals surface area (Å²) in [5.41, 5.74) is 0.839. The normalized spacial score (nSPS) is 16.4. The second-order valence-electron chi connectivity index (χ2n) is 8.57. The van der Waals surface area contributed by atoms with E-state index in [9.17, 15) is 9.59 Å². The van der Waals surface area contributed by atoms with E-state index in [4.69, 9.17) is 4.74 Å². The van der Waals surface area contributed by atoms with Crippen LogP contribution in [0.2, 0.25) is 0 Å². The predicted molar refractivity (Wildman–Crippen MR) is 125 cm³/mol. The van der Waals surface area contributed by atoms with Crippen LogP contribution in [0.1, 0.15) is 40.0 Å². The molecule has 0 radical (unpaired) electrons. The molecule has 0 aromatic heterocycles. The smallest absolute Gasteiger partial charge is 0.241 e. The number of nitrogens with zero attached hydrogens (tertiary/aromatic N) is 1. The van der Waals surface area contributed by atoms with Gasteiger partial charge in [0.25, 0.3) is 0 Å². The molecule has 0 bridgehead atoms. The third kappa shape index (κ3) is 6.52. The SMILES string of the molecule is CC(C)OCCCNC(=O)C1CCN(C(C)C(=O)Nc2cccc3ccccc23)CC1. The molecule has 31 heavy (non-hydrogen) atoms. The molecular formula is C25H35N3O3. The zero-order valence-electron chi connectivity index (χ0n) is 18.9. The molecule has 2 aromatic carbocycles. The fourth-order valence-electron chi connectivity index (χ4n) is 4.03. The zero-order chi connectivity index (χ0) is 22.2. The molecule has 1 aliphatic heterocycles. The van der Waals surface area contributed by atoms with Gasteiger partial charge in [0.15, 0.2) is 0 Å². The Morgan fingerprint density at radius 3 is 2.52 bits per heavy atom. The number of hydrogen-bond acceptors (Lipinski definition) is 4. The average Bonchev–Trinajstić information content (AvgIpc) is 2.78. The highest BCUT2D eigenvalue weighted by molar-refractivity contribution is 6.03. The van der Waals surface area contributed by atoms with Gasteiger partial charge in [0, 0.05) is 30.1 Å². The van der Waals surface area contributed by atoms with Crippen molar-refractivity contribution < 1.29 is 14.3 Å². The lowest BCUT2D eigenvalue weighted by Gasteiger charge is -2.34. The molecule has 0 spiro atoms. The van der Waals surface area contributed by atoms with Crippen molar-refractivity contribution in [2.75, 3.05) is 31.6 Å². The summed E-state index contributed by atoms with van der Waals surface area (Å²) in [4.78, 5) is 27.5. The van der Waals surface area contributed by atoms with Crippen LogP contribution in [0.3, 0.4) is 0 Å². The Bertz CT molecular complexity index is 870. The van der Waals surface area contributed by atoms with E-state index in [1.807, 2.05) is 63.2 Å². The van der Waals surface area contributed by atoms with E-state index in [1.54, 1.807) is 0 Å². The first-order chi connectivity index (χ1) is 15.0. The van der Waals surface area contributed by atoms with E-state index in [0.717, 1.165) is 48.8 Å². The first-order valence-electron chi connectivity index (χ1n) is 11.4. The summed E-state index contributed by atoms with van der Waals surface area (Å²) < 4.78 is 5.50. The minimum atomic E-state index is -0.240. The molecule has 0 saturated carbocycles. The molecular weight excluding hydrogens is 390 g/mol. The van der Waals surface area contributed by atoms with E-state index in [1.165, 1.54) is 0 Å². The minimum absolute atomic E-state index is 0.00981. The highest BCUT2D eigenvalue weighted by atomic mass is 16.5. The van der Waals surface area contributed by atoms with Gasteiger partial charge in [-0.2, -0.15) is 0 Å². The van der Waals surface area contributed by atoms with Crippen LogP contribution in [-0.4, -0.2) is 55.1 Å². The van der Waals surface area contributed by atoms with Gasteiger partial charge in [0.1, 0.15) is 0 Å². The molecule has 2 amide bonds. The number of piperidine rings is 1. The van der Waals surface area contributed by atoms with Gasteiger partial charge in [0.2, 0.25) is 11.8 Å². The van der Waals surface area contributed by atoms with Crippen molar-refractivity contribution >= 4 is 28.3 Å². The van der Waals surface area contributed by atoms with Crippen LogP contribution in [0.25, 0.3) is 10.8 Å². The molecule has 1 fully saturated rings. The number of nitrogens with one attached hydrogen (secondary N) is 2. The zero-order valence-corrected chi connectivity index (χ0v) is 18.9. The molecule has 2 N–H and O–H groups in total. The van der Waals surface area contributed by atoms with Gasteiger partial charge in [0.05, 0.1) is 12.1 Å². The number of carbonyl (C=O) groups excluding carboxylic acids is 2. The number of ether oxygens (including phenoxy) is 1. The van der Waals surface area contributed by atoms with E-state index in [-0.39, 0.29) is 29.9 Å². The number of rotatable bonds is 9. The van der Waals surface area contributed by atoms with Crippen molar-refractivity contribution in [3.8, 4) is 0 Å². The lowest BCUT2D eigenvalue weighted by molar-refractivity contribution is -0.127. The van der Waals surface area contributed by atoms with Crippen LogP contribution in [0.15, 0.2) is 42.5 Å². The Hall–Kier alpha value is -2.44. The highest BCUT2D eigenvalue weighted by Gasteiger charge is 2.29. The summed E-state index contributed by atoms with van der Waals surface area (Å²) in [5, 5.41) is 8.27. The molecule has 1 aliphatic rings. The van der Waals surface area contributed by atoms with E-state index >= 15 is 0 Å². The number of hydrogen-bond donors (Lipinski definition) is 2. The van der Waals surface area contributed by atoms with Crippen molar-refractivity contribution in [1.82, 2.24) is 10.2 Å². The van der Waals surface area contributed by atoms with E-state index in [2.05, 4.69) is 15.5 Å². The molecule has 1 unspecified atom stereocenters. The van der Waals surface area contributed by atoms with Crippen molar-refractivity contribution in [2.45, 2.75) is 52.2 Å². The molecule has 1 heterocycles. The van der Waals surface area contributed by atoms with Crippen LogP contribution in [0.5, 0.6) is 0 Å². The third-order valence-corrected chi connectivity index (χ3v) is 5.95. The average molecular weight is 426 g/mol. The van der Waals surface area contributed by atoms with Gasteiger partial charge in [-0.25, -0.2) is 0 Å². The van der Waals surface area contributed by atoms with Crippen LogP contribution in [-0.2, 0) is 14.3 Å². The van der Waals surface area contributed by atoms with Crippen LogP contribution in [0, 0.1) is 5.92 Å². The van der Waals surface area contributed by atoms with Crippen LogP contribution < -0.4 is 10.6 Å². The highest BCUT2D eigenvalue weighted by Crippen LogP contribution is 2.24. The summed E-state index contributed by atoms with van der Waals surface area (Å²) in [6.07, 6.45) is 2.61. The molecule has 6 heteroatoms. The number of amides is 2. The second kappa shape index (κ2) is 11.3. The number of likely N-dealkylation sites (tertiary alicyclic amines) is 1. The van der Waals surface area contributed by atoms with Gasteiger partial charge in [-0.1, -0.05) is 36.4 Å². The number of carbonyl (C=O) groups is 2. The lowest BCUT2D eigenvalue weighted by Crippen LogP contribution is -2.48. The largest absolute Gasteiger partial charge is 0.379 e. The summed E-state index contributed by atoms with van der Waals surface area (Å²) >= 11 is 0. The van der Waals surface area contributed by atoms with E-state index in [0.29, 0.717) is 13.2 Å². The molecule has 2 aromatic rings. The summed E-state index contributed by atoms with van der Waals surface area (Å²) in [5.74, 6) is 0.136. The third-order valence-electron chi connectivity index (χ3n) is 5.95. The first kappa shape index (κ1) is 23.2. The van der Waals surface area contributed by atoms with Crippen molar-refractivity contribution in [3.63, 3.8) is 0 Å². The Kier molecular flexibility index (Phi) is 8.43. The van der Waals surface area contributed by atoms with Crippen LogP contribution in [0.4, 0.5) is 5.69 Å². The fraction of sp³-hybridized carbons (Fsp3) is 0.520. The van der Waals surface area contributed by atoms with E-state index < -0.39 is 0 Å². The standard InChI is InChI=1S/C25H35N3O3/c1-18(2)31-17-7-14-26-25(30)21-12-15-28(16-13-21)19(3)24(29)27-23-11-6-9-20-8-4-5-10-22(20)23/h4-6,8-11,18-19,21H,7,12-17H2,1-3H3,(H,26,30)(H,27,29). The van der Waals surface area contributed by atoms with Crippen molar-refractivity contribution in [1.29, 1.82) is 0 Å². The topological polar surface area (TPSA) is 70.7 Å². The number of anilines is 1. The van der Waals surface area contributed by atoms with Crippen molar-refractivity contribution in [2.24, 2.45) is 5.92 Å². The van der Waals surface area contributed by atoms with Gasteiger partial charge in [-0.3, -0.25) is 14.5 Å². The first-order valence-corrected chi connectivity index (χ1v) is 11.4. The molecule has 0 aliphatic carbocycles. The molecule has 1 atom stereocenters. The lowest BCUT2D eigenvalue weighted by atomic mass is 9.95. The Labute approximate surface area is 185 Å². The van der Waals surface area contributed by atoms with Crippen molar-refractivity contribution in [3.05, 3.63) is 42.5 Å². The van der Waals surface area contributed by atoms with Gasteiger partial charge < -0.3 is 15.4 Å². The van der Waals surface area contributed by atoms with Crippen LogP contribution >= 0.6 is 0 Å². The Morgan fingerprint density at radius 2 is 1.77 bits per heavy atom. The molecule has 3 rings (SSSR count). The molecule has 1 saturated heterocycles. The maximum absolute atomic E-state index is 12.9. The van der Waals surface area contributed by atoms with Gasteiger partial charge >= 0.3 is 0 Å². The quantitative estimate of drug-likeness (QED) is 0.600. The summed E-state index contributed by atoms with van der Waals surface area (Å²) in [6.45, 7) is 8.77. The van der Waals surface area contributed by atoms with Gasteiger partial charge in [-0.15, -0.1) is 0 Å². The summed E-state index contributed by atoms with van der Waals surface area (Å²) in [7, 11) is 0. The second-order valence-corrected chi connectivity index (χ2v) is 8.57. The minimum Gasteiger partial charge on any atom is -0.379 e. The maximum Gasteiger partial charge on any atom is 0.241 e. The Balaban J connectivity index is 1.44. The number of fused-ring (bicyclic) bond motifs is 1. The van der Waals surface area contributed by atoms with Gasteiger partial charge in [-0.05, 0) is 64.6 Å². The fourth-order valence-corrected chi connectivity index (χ4v) is 4.03. The number of benzene rings is 2. The summed E-state index contributed by atoms with van der Waals surface area (Å²) in [6, 6.07) is 13.7.